The van der Waals surface area contributed by atoms with Crippen LogP contribution in [-0.2, 0) is 11.3 Å². The predicted molar refractivity (Wildman–Crippen MR) is 64.8 cm³/mol. The van der Waals surface area contributed by atoms with Crippen LogP contribution in [0.1, 0.15) is 5.56 Å². The second kappa shape index (κ2) is 5.94. The van der Waals surface area contributed by atoms with E-state index in [0.717, 1.165) is 6.07 Å². The molecule has 0 amide bonds. The van der Waals surface area contributed by atoms with Gasteiger partial charge in [-0.3, -0.25) is 4.90 Å². The zero-order chi connectivity index (χ0) is 13.8. The number of nitrogens with zero attached hydrogens (tertiary/aromatic N) is 2. The Morgan fingerprint density at radius 1 is 1.53 bits per heavy atom. The quantitative estimate of drug-likeness (QED) is 0.371. The standard InChI is InChI=1S/C12H15F2N3O2/c13-9-3-1-2-8(11(9)14)6-17-4-5-19-10(7-17)12(15)16-18/h1-3,10,18H,4-7H2,(H2,15,16). The number of rotatable bonds is 3. The minimum Gasteiger partial charge on any atom is -0.409 e. The van der Waals surface area contributed by atoms with Crippen molar-refractivity contribution in [2.45, 2.75) is 12.6 Å². The van der Waals surface area contributed by atoms with Crippen LogP contribution >= 0.6 is 0 Å². The summed E-state index contributed by atoms with van der Waals surface area (Å²) in [5.74, 6) is -1.72. The van der Waals surface area contributed by atoms with E-state index in [-0.39, 0.29) is 17.9 Å². The van der Waals surface area contributed by atoms with Crippen molar-refractivity contribution in [1.82, 2.24) is 4.90 Å². The summed E-state index contributed by atoms with van der Waals surface area (Å²) < 4.78 is 32.0. The lowest BCUT2D eigenvalue weighted by Crippen LogP contribution is -2.48. The number of amidine groups is 1. The van der Waals surface area contributed by atoms with Gasteiger partial charge in [0.15, 0.2) is 17.5 Å². The number of morpholine rings is 1. The number of ether oxygens (including phenoxy) is 1. The first-order valence-electron chi connectivity index (χ1n) is 5.86. The number of halogens is 2. The predicted octanol–water partition coefficient (Wildman–Crippen LogP) is 0.912. The lowest BCUT2D eigenvalue weighted by atomic mass is 10.1. The summed E-state index contributed by atoms with van der Waals surface area (Å²) in [6.07, 6.45) is -0.532. The van der Waals surface area contributed by atoms with Crippen molar-refractivity contribution in [3.63, 3.8) is 0 Å². The molecule has 0 bridgehead atoms. The average molecular weight is 271 g/mol. The van der Waals surface area contributed by atoms with Gasteiger partial charge in [0.05, 0.1) is 6.61 Å². The van der Waals surface area contributed by atoms with Crippen molar-refractivity contribution in [2.75, 3.05) is 19.7 Å². The zero-order valence-electron chi connectivity index (χ0n) is 10.2. The summed E-state index contributed by atoms with van der Waals surface area (Å²) in [6.45, 7) is 1.58. The molecule has 1 aliphatic heterocycles. The molecule has 0 aromatic heterocycles. The molecular weight excluding hydrogens is 256 g/mol. The van der Waals surface area contributed by atoms with E-state index in [4.69, 9.17) is 15.7 Å². The Morgan fingerprint density at radius 2 is 2.32 bits per heavy atom. The highest BCUT2D eigenvalue weighted by molar-refractivity contribution is 5.84. The summed E-state index contributed by atoms with van der Waals surface area (Å²) >= 11 is 0. The third kappa shape index (κ3) is 3.18. The van der Waals surface area contributed by atoms with Crippen LogP contribution in [0.25, 0.3) is 0 Å². The van der Waals surface area contributed by atoms with Crippen LogP contribution in [0.5, 0.6) is 0 Å². The monoisotopic (exact) mass is 271 g/mol. The highest BCUT2D eigenvalue weighted by atomic mass is 19.2. The summed E-state index contributed by atoms with van der Waals surface area (Å²) in [7, 11) is 0. The molecule has 19 heavy (non-hydrogen) atoms. The molecule has 2 rings (SSSR count). The molecule has 1 unspecified atom stereocenters. The van der Waals surface area contributed by atoms with Gasteiger partial charge < -0.3 is 15.7 Å². The van der Waals surface area contributed by atoms with E-state index in [1.807, 2.05) is 4.90 Å². The molecule has 0 radical (unpaired) electrons. The minimum atomic E-state index is -0.862. The summed E-state index contributed by atoms with van der Waals surface area (Å²) in [6, 6.07) is 4.08. The highest BCUT2D eigenvalue weighted by Crippen LogP contribution is 2.15. The van der Waals surface area contributed by atoms with Gasteiger partial charge in [0.25, 0.3) is 0 Å². The smallest absolute Gasteiger partial charge is 0.169 e. The van der Waals surface area contributed by atoms with Gasteiger partial charge in [-0.05, 0) is 6.07 Å². The molecule has 1 aromatic carbocycles. The van der Waals surface area contributed by atoms with Crippen LogP contribution in [0.2, 0.25) is 0 Å². The first-order chi connectivity index (χ1) is 9.11. The van der Waals surface area contributed by atoms with Gasteiger partial charge in [0.2, 0.25) is 0 Å². The van der Waals surface area contributed by atoms with Gasteiger partial charge in [-0.15, -0.1) is 0 Å². The molecule has 7 heteroatoms. The SMILES string of the molecule is NC(=NO)C1CN(Cc2cccc(F)c2F)CCO1. The maximum Gasteiger partial charge on any atom is 0.169 e. The van der Waals surface area contributed by atoms with Crippen LogP contribution in [0.3, 0.4) is 0 Å². The molecule has 104 valence electrons. The first-order valence-corrected chi connectivity index (χ1v) is 5.86. The van der Waals surface area contributed by atoms with Crippen molar-refractivity contribution in [3.8, 4) is 0 Å². The van der Waals surface area contributed by atoms with E-state index in [1.165, 1.54) is 12.1 Å². The fourth-order valence-electron chi connectivity index (χ4n) is 2.00. The molecule has 3 N–H and O–H groups in total. The van der Waals surface area contributed by atoms with Crippen molar-refractivity contribution in [2.24, 2.45) is 10.9 Å². The molecule has 0 saturated carbocycles. The van der Waals surface area contributed by atoms with Crippen LogP contribution < -0.4 is 5.73 Å². The van der Waals surface area contributed by atoms with Gasteiger partial charge in [0.1, 0.15) is 6.10 Å². The maximum absolute atomic E-state index is 13.6. The number of hydrogen-bond acceptors (Lipinski definition) is 4. The van der Waals surface area contributed by atoms with Gasteiger partial charge >= 0.3 is 0 Å². The van der Waals surface area contributed by atoms with E-state index in [2.05, 4.69) is 5.16 Å². The summed E-state index contributed by atoms with van der Waals surface area (Å²) in [5.41, 5.74) is 5.75. The van der Waals surface area contributed by atoms with E-state index < -0.39 is 17.7 Å². The Bertz CT molecular complexity index is 482. The Hall–Kier alpha value is -1.73. The van der Waals surface area contributed by atoms with Crippen molar-refractivity contribution in [1.29, 1.82) is 0 Å². The molecule has 0 spiro atoms. The number of benzene rings is 1. The first kappa shape index (κ1) is 13.7. The molecule has 1 heterocycles. The number of hydrogen-bond donors (Lipinski definition) is 2. The second-order valence-corrected chi connectivity index (χ2v) is 4.33. The second-order valence-electron chi connectivity index (χ2n) is 4.33. The lowest BCUT2D eigenvalue weighted by molar-refractivity contribution is 0.000996. The average Bonchev–Trinajstić information content (AvgIpc) is 2.43. The van der Waals surface area contributed by atoms with Gasteiger partial charge in [-0.25, -0.2) is 8.78 Å². The summed E-state index contributed by atoms with van der Waals surface area (Å²) in [5, 5.41) is 11.5. The topological polar surface area (TPSA) is 71.1 Å². The van der Waals surface area contributed by atoms with Gasteiger partial charge in [-0.2, -0.15) is 0 Å². The van der Waals surface area contributed by atoms with E-state index >= 15 is 0 Å². The van der Waals surface area contributed by atoms with E-state index in [0.29, 0.717) is 19.7 Å². The molecule has 1 saturated heterocycles. The molecule has 1 fully saturated rings. The van der Waals surface area contributed by atoms with Crippen molar-refractivity contribution >= 4 is 5.84 Å². The third-order valence-corrected chi connectivity index (χ3v) is 3.02. The Labute approximate surface area is 109 Å². The van der Waals surface area contributed by atoms with Gasteiger partial charge in [-0.1, -0.05) is 17.3 Å². The lowest BCUT2D eigenvalue weighted by Gasteiger charge is -2.32. The Morgan fingerprint density at radius 3 is 3.05 bits per heavy atom. The number of oxime groups is 1. The number of nitrogens with two attached hydrogens (primary N) is 1. The van der Waals surface area contributed by atoms with Crippen LogP contribution in [0, 0.1) is 11.6 Å². The van der Waals surface area contributed by atoms with Gasteiger partial charge in [0, 0.05) is 25.2 Å². The molecule has 1 aliphatic rings. The zero-order valence-corrected chi connectivity index (χ0v) is 10.2. The van der Waals surface area contributed by atoms with E-state index in [9.17, 15) is 8.78 Å². The molecule has 1 aromatic rings. The summed E-state index contributed by atoms with van der Waals surface area (Å²) in [4.78, 5) is 1.87. The Kier molecular flexibility index (Phi) is 4.28. The maximum atomic E-state index is 13.6. The molecule has 5 nitrogen and oxygen atoms in total. The van der Waals surface area contributed by atoms with Crippen LogP contribution in [0.15, 0.2) is 23.4 Å². The molecule has 1 atom stereocenters. The third-order valence-electron chi connectivity index (χ3n) is 3.02. The minimum absolute atomic E-state index is 0.0237. The van der Waals surface area contributed by atoms with Crippen LogP contribution in [0.4, 0.5) is 8.78 Å². The largest absolute Gasteiger partial charge is 0.409 e. The Balaban J connectivity index is 2.05. The van der Waals surface area contributed by atoms with Crippen molar-refractivity contribution in [3.05, 3.63) is 35.4 Å². The highest BCUT2D eigenvalue weighted by Gasteiger charge is 2.24. The fraction of sp³-hybridized carbons (Fsp3) is 0.417. The van der Waals surface area contributed by atoms with E-state index in [1.54, 1.807) is 0 Å². The normalized spacial score (nSPS) is 21.6. The van der Waals surface area contributed by atoms with Crippen LogP contribution in [-0.4, -0.2) is 41.7 Å². The molecular formula is C12H15F2N3O2. The van der Waals surface area contributed by atoms with Crippen molar-refractivity contribution < 1.29 is 18.7 Å². The molecule has 0 aliphatic carbocycles. The fourth-order valence-corrected chi connectivity index (χ4v) is 2.00.